The second-order valence-electron chi connectivity index (χ2n) is 5.07. The molecule has 1 heterocycles. The summed E-state index contributed by atoms with van der Waals surface area (Å²) in [6, 6.07) is 11.0. The van der Waals surface area contributed by atoms with Crippen molar-refractivity contribution in [3.05, 3.63) is 35.9 Å². The molecule has 3 nitrogen and oxygen atoms in total. The third kappa shape index (κ3) is 3.55. The van der Waals surface area contributed by atoms with E-state index in [-0.39, 0.29) is 0 Å². The van der Waals surface area contributed by atoms with E-state index in [1.807, 2.05) is 7.11 Å². The minimum absolute atomic E-state index is 0.378. The van der Waals surface area contributed by atoms with Crippen LogP contribution in [0, 0.1) is 0 Å². The van der Waals surface area contributed by atoms with Gasteiger partial charge in [-0.15, -0.1) is 0 Å². The lowest BCUT2D eigenvalue weighted by Gasteiger charge is -2.37. The average molecular weight is 248 g/mol. The number of likely N-dealkylation sites (tertiary alicyclic amines) is 1. The first-order valence-corrected chi connectivity index (χ1v) is 6.84. The van der Waals surface area contributed by atoms with Crippen LogP contribution < -0.4 is 5.73 Å². The average Bonchev–Trinajstić information content (AvgIpc) is 2.46. The maximum absolute atomic E-state index is 5.96. The quantitative estimate of drug-likeness (QED) is 0.861. The molecule has 0 aliphatic carbocycles. The number of rotatable bonds is 5. The Bertz CT molecular complexity index is 342. The molecular formula is C15H24N2O. The van der Waals surface area contributed by atoms with Crippen molar-refractivity contribution in [3.63, 3.8) is 0 Å². The van der Waals surface area contributed by atoms with E-state index in [0.717, 1.165) is 19.5 Å². The first kappa shape index (κ1) is 13.5. The van der Waals surface area contributed by atoms with Crippen LogP contribution in [0.15, 0.2) is 30.3 Å². The minimum Gasteiger partial charge on any atom is -0.380 e. The number of hydrogen-bond acceptors (Lipinski definition) is 3. The smallest absolute Gasteiger partial charge is 0.0698 e. The van der Waals surface area contributed by atoms with E-state index in [2.05, 4.69) is 35.2 Å². The van der Waals surface area contributed by atoms with Crippen molar-refractivity contribution in [3.8, 4) is 0 Å². The second-order valence-corrected chi connectivity index (χ2v) is 5.07. The topological polar surface area (TPSA) is 38.5 Å². The Morgan fingerprint density at radius 3 is 2.83 bits per heavy atom. The van der Waals surface area contributed by atoms with E-state index in [1.165, 1.54) is 18.4 Å². The molecule has 0 aromatic heterocycles. The van der Waals surface area contributed by atoms with Crippen molar-refractivity contribution in [1.29, 1.82) is 0 Å². The van der Waals surface area contributed by atoms with Gasteiger partial charge in [-0.3, -0.25) is 4.90 Å². The number of nitrogens with zero attached hydrogens (tertiary/aromatic N) is 1. The van der Waals surface area contributed by atoms with Crippen LogP contribution in [0.1, 0.15) is 18.4 Å². The molecule has 0 radical (unpaired) electrons. The zero-order valence-corrected chi connectivity index (χ0v) is 11.2. The molecule has 1 aliphatic heterocycles. The molecule has 2 rings (SSSR count). The standard InChI is InChI=1S/C15H24N2O/c1-18-15-8-5-9-17(12-15)14(11-16)10-13-6-3-2-4-7-13/h2-4,6-7,14-15H,5,8-12,16H2,1H3. The maximum Gasteiger partial charge on any atom is 0.0698 e. The summed E-state index contributed by atoms with van der Waals surface area (Å²) in [5.74, 6) is 0. The van der Waals surface area contributed by atoms with E-state index in [0.29, 0.717) is 18.7 Å². The molecule has 1 aliphatic rings. The van der Waals surface area contributed by atoms with Gasteiger partial charge in [0, 0.05) is 26.2 Å². The summed E-state index contributed by atoms with van der Waals surface area (Å²) >= 11 is 0. The van der Waals surface area contributed by atoms with Gasteiger partial charge >= 0.3 is 0 Å². The van der Waals surface area contributed by atoms with Crippen LogP contribution in [0.5, 0.6) is 0 Å². The molecule has 0 bridgehead atoms. The van der Waals surface area contributed by atoms with Gasteiger partial charge < -0.3 is 10.5 Å². The van der Waals surface area contributed by atoms with Crippen molar-refractivity contribution < 1.29 is 4.74 Å². The lowest BCUT2D eigenvalue weighted by Crippen LogP contribution is -2.49. The van der Waals surface area contributed by atoms with Gasteiger partial charge in [-0.1, -0.05) is 30.3 Å². The highest BCUT2D eigenvalue weighted by atomic mass is 16.5. The summed E-state index contributed by atoms with van der Waals surface area (Å²) in [6.45, 7) is 2.88. The van der Waals surface area contributed by atoms with E-state index in [9.17, 15) is 0 Å². The van der Waals surface area contributed by atoms with Crippen molar-refractivity contribution in [2.75, 3.05) is 26.7 Å². The van der Waals surface area contributed by atoms with Crippen LogP contribution in [0.4, 0.5) is 0 Å². The number of hydrogen-bond donors (Lipinski definition) is 1. The van der Waals surface area contributed by atoms with E-state index in [1.54, 1.807) is 0 Å². The summed E-state index contributed by atoms with van der Waals surface area (Å²) in [5, 5.41) is 0. The molecule has 1 fully saturated rings. The SMILES string of the molecule is COC1CCCN(C(CN)Cc2ccccc2)C1. The fraction of sp³-hybridized carbons (Fsp3) is 0.600. The van der Waals surface area contributed by atoms with Crippen LogP contribution in [-0.2, 0) is 11.2 Å². The molecule has 1 aromatic carbocycles. The molecule has 0 saturated carbocycles. The molecule has 3 heteroatoms. The largest absolute Gasteiger partial charge is 0.380 e. The van der Waals surface area contributed by atoms with Gasteiger partial charge in [0.15, 0.2) is 0 Å². The fourth-order valence-corrected chi connectivity index (χ4v) is 2.74. The van der Waals surface area contributed by atoms with Crippen LogP contribution in [-0.4, -0.2) is 43.8 Å². The summed E-state index contributed by atoms with van der Waals surface area (Å²) in [4.78, 5) is 2.49. The Morgan fingerprint density at radius 1 is 1.39 bits per heavy atom. The fourth-order valence-electron chi connectivity index (χ4n) is 2.74. The van der Waals surface area contributed by atoms with Gasteiger partial charge in [-0.2, -0.15) is 0 Å². The van der Waals surface area contributed by atoms with Crippen LogP contribution >= 0.6 is 0 Å². The highest BCUT2D eigenvalue weighted by Crippen LogP contribution is 2.17. The zero-order valence-electron chi connectivity index (χ0n) is 11.2. The van der Waals surface area contributed by atoms with Crippen molar-refractivity contribution in [2.45, 2.75) is 31.4 Å². The van der Waals surface area contributed by atoms with E-state index >= 15 is 0 Å². The highest BCUT2D eigenvalue weighted by Gasteiger charge is 2.24. The molecule has 2 unspecified atom stereocenters. The van der Waals surface area contributed by atoms with Gasteiger partial charge in [-0.25, -0.2) is 0 Å². The van der Waals surface area contributed by atoms with Gasteiger partial charge in [0.25, 0.3) is 0 Å². The number of methoxy groups -OCH3 is 1. The van der Waals surface area contributed by atoms with Crippen LogP contribution in [0.3, 0.4) is 0 Å². The molecule has 1 aromatic rings. The predicted octanol–water partition coefficient (Wildman–Crippen LogP) is 1.67. The Labute approximate surface area is 110 Å². The third-order valence-corrected chi connectivity index (χ3v) is 3.85. The lowest BCUT2D eigenvalue weighted by atomic mass is 10.0. The Kier molecular flexibility index (Phi) is 5.17. The second kappa shape index (κ2) is 6.88. The van der Waals surface area contributed by atoms with Crippen molar-refractivity contribution >= 4 is 0 Å². The Morgan fingerprint density at radius 2 is 2.17 bits per heavy atom. The monoisotopic (exact) mass is 248 g/mol. The number of nitrogens with two attached hydrogens (primary N) is 1. The van der Waals surface area contributed by atoms with Gasteiger partial charge in [0.1, 0.15) is 0 Å². The zero-order chi connectivity index (χ0) is 12.8. The first-order chi connectivity index (χ1) is 8.83. The molecule has 0 spiro atoms. The molecule has 1 saturated heterocycles. The van der Waals surface area contributed by atoms with Crippen LogP contribution in [0.25, 0.3) is 0 Å². The maximum atomic E-state index is 5.96. The number of ether oxygens (including phenoxy) is 1. The molecule has 18 heavy (non-hydrogen) atoms. The number of piperidine rings is 1. The Balaban J connectivity index is 1.95. The number of benzene rings is 1. The van der Waals surface area contributed by atoms with Gasteiger partial charge in [0.05, 0.1) is 6.10 Å². The molecule has 2 atom stereocenters. The summed E-state index contributed by atoms with van der Waals surface area (Å²) in [7, 11) is 1.81. The van der Waals surface area contributed by atoms with E-state index in [4.69, 9.17) is 10.5 Å². The lowest BCUT2D eigenvalue weighted by molar-refractivity contribution is 0.0159. The van der Waals surface area contributed by atoms with Gasteiger partial charge in [-0.05, 0) is 31.4 Å². The minimum atomic E-state index is 0.378. The summed E-state index contributed by atoms with van der Waals surface area (Å²) < 4.78 is 5.48. The predicted molar refractivity (Wildman–Crippen MR) is 74.6 cm³/mol. The molecular weight excluding hydrogens is 224 g/mol. The van der Waals surface area contributed by atoms with Gasteiger partial charge in [0.2, 0.25) is 0 Å². The summed E-state index contributed by atoms with van der Waals surface area (Å²) in [6.07, 6.45) is 3.80. The van der Waals surface area contributed by atoms with E-state index < -0.39 is 0 Å². The third-order valence-electron chi connectivity index (χ3n) is 3.85. The molecule has 0 amide bonds. The Hall–Kier alpha value is -0.900. The molecule has 100 valence electrons. The highest BCUT2D eigenvalue weighted by molar-refractivity contribution is 5.16. The van der Waals surface area contributed by atoms with Crippen molar-refractivity contribution in [2.24, 2.45) is 5.73 Å². The normalized spacial score (nSPS) is 22.9. The summed E-state index contributed by atoms with van der Waals surface area (Å²) in [5.41, 5.74) is 7.32. The van der Waals surface area contributed by atoms with Crippen molar-refractivity contribution in [1.82, 2.24) is 4.90 Å². The van der Waals surface area contributed by atoms with Crippen LogP contribution in [0.2, 0.25) is 0 Å². The molecule has 2 N–H and O–H groups in total. The first-order valence-electron chi connectivity index (χ1n) is 6.84.